The van der Waals surface area contributed by atoms with E-state index in [4.69, 9.17) is 9.47 Å². The van der Waals surface area contributed by atoms with Gasteiger partial charge >= 0.3 is 0 Å². The van der Waals surface area contributed by atoms with Crippen molar-refractivity contribution in [2.24, 2.45) is 16.8 Å². The van der Waals surface area contributed by atoms with Gasteiger partial charge in [0.1, 0.15) is 0 Å². The molecule has 1 heterocycles. The van der Waals surface area contributed by atoms with E-state index >= 15 is 0 Å². The molecule has 3 rings (SSSR count). The molecule has 0 aromatic heterocycles. The molecule has 2 fully saturated rings. The number of carbonyl (C=O) groups is 1. The molecule has 1 aliphatic carbocycles. The van der Waals surface area contributed by atoms with Crippen molar-refractivity contribution in [1.82, 2.24) is 10.6 Å². The van der Waals surface area contributed by atoms with Crippen LogP contribution in [-0.2, 0) is 20.8 Å². The molecular formula is C23H36N4O3. The van der Waals surface area contributed by atoms with Crippen LogP contribution in [0.5, 0.6) is 0 Å². The number of amides is 1. The van der Waals surface area contributed by atoms with Gasteiger partial charge in [0.25, 0.3) is 0 Å². The minimum absolute atomic E-state index is 0.139. The number of ether oxygens (including phenoxy) is 2. The van der Waals surface area contributed by atoms with E-state index in [-0.39, 0.29) is 11.8 Å². The zero-order valence-corrected chi connectivity index (χ0v) is 18.1. The number of aliphatic imine (C=N–C) groups is 1. The van der Waals surface area contributed by atoms with Crippen LogP contribution < -0.4 is 16.0 Å². The minimum Gasteiger partial charge on any atom is -0.381 e. The number of nitrogens with one attached hydrogen (secondary N) is 3. The van der Waals surface area contributed by atoms with Crippen LogP contribution in [-0.4, -0.2) is 51.4 Å². The third kappa shape index (κ3) is 7.61. The molecule has 1 saturated heterocycles. The molecule has 166 valence electrons. The maximum absolute atomic E-state index is 12.2. The van der Waals surface area contributed by atoms with Crippen molar-refractivity contribution in [3.8, 4) is 0 Å². The maximum Gasteiger partial charge on any atom is 0.227 e. The van der Waals surface area contributed by atoms with Crippen molar-refractivity contribution in [2.75, 3.05) is 44.8 Å². The molecule has 30 heavy (non-hydrogen) atoms. The number of hydrogen-bond donors (Lipinski definition) is 3. The van der Waals surface area contributed by atoms with Crippen LogP contribution in [0.1, 0.15) is 44.6 Å². The second-order valence-corrected chi connectivity index (χ2v) is 8.10. The Labute approximate surface area is 180 Å². The van der Waals surface area contributed by atoms with Crippen LogP contribution >= 0.6 is 0 Å². The number of benzene rings is 1. The lowest BCUT2D eigenvalue weighted by atomic mass is 9.85. The van der Waals surface area contributed by atoms with E-state index < -0.39 is 0 Å². The Kier molecular flexibility index (Phi) is 9.44. The van der Waals surface area contributed by atoms with Gasteiger partial charge in [-0.2, -0.15) is 0 Å². The van der Waals surface area contributed by atoms with E-state index in [0.717, 1.165) is 88.8 Å². The summed E-state index contributed by atoms with van der Waals surface area (Å²) in [5.41, 5.74) is 1.92. The summed E-state index contributed by atoms with van der Waals surface area (Å²) in [6.07, 6.45) is 5.22. The van der Waals surface area contributed by atoms with Crippen molar-refractivity contribution in [1.29, 1.82) is 0 Å². The Morgan fingerprint density at radius 2 is 2.17 bits per heavy atom. The molecule has 1 aromatic rings. The second kappa shape index (κ2) is 12.5. The van der Waals surface area contributed by atoms with Crippen LogP contribution in [0, 0.1) is 11.8 Å². The summed E-state index contributed by atoms with van der Waals surface area (Å²) in [6.45, 7) is 7.47. The van der Waals surface area contributed by atoms with Crippen LogP contribution in [0.4, 0.5) is 5.69 Å². The van der Waals surface area contributed by atoms with Gasteiger partial charge in [-0.15, -0.1) is 0 Å². The Morgan fingerprint density at radius 1 is 1.27 bits per heavy atom. The predicted octanol–water partition coefficient (Wildman–Crippen LogP) is 2.92. The van der Waals surface area contributed by atoms with E-state index in [9.17, 15) is 4.79 Å². The number of anilines is 1. The summed E-state index contributed by atoms with van der Waals surface area (Å²) in [5, 5.41) is 9.67. The molecule has 0 spiro atoms. The highest BCUT2D eigenvalue weighted by molar-refractivity contribution is 5.93. The fourth-order valence-electron chi connectivity index (χ4n) is 3.52. The SMILES string of the molecule is CCNC(=NCc1cccc(NC(=O)C2CCC2)c1)NCCCOCC1CCOC1. The summed E-state index contributed by atoms with van der Waals surface area (Å²) in [6, 6.07) is 7.94. The summed E-state index contributed by atoms with van der Waals surface area (Å²) < 4.78 is 11.1. The lowest BCUT2D eigenvalue weighted by Crippen LogP contribution is -2.38. The van der Waals surface area contributed by atoms with Crippen molar-refractivity contribution >= 4 is 17.6 Å². The average molecular weight is 417 g/mol. The van der Waals surface area contributed by atoms with Crippen molar-refractivity contribution in [3.63, 3.8) is 0 Å². The van der Waals surface area contributed by atoms with Crippen LogP contribution in [0.25, 0.3) is 0 Å². The molecule has 1 atom stereocenters. The first-order valence-corrected chi connectivity index (χ1v) is 11.3. The van der Waals surface area contributed by atoms with Gasteiger partial charge in [0.15, 0.2) is 5.96 Å². The van der Waals surface area contributed by atoms with E-state index in [1.54, 1.807) is 0 Å². The first kappa shape index (κ1) is 22.6. The fourth-order valence-corrected chi connectivity index (χ4v) is 3.52. The molecular weight excluding hydrogens is 380 g/mol. The highest BCUT2D eigenvalue weighted by atomic mass is 16.5. The molecule has 0 radical (unpaired) electrons. The number of rotatable bonds is 11. The van der Waals surface area contributed by atoms with Gasteiger partial charge in [-0.05, 0) is 50.3 Å². The Morgan fingerprint density at radius 3 is 2.90 bits per heavy atom. The molecule has 1 aliphatic heterocycles. The van der Waals surface area contributed by atoms with Crippen LogP contribution in [0.15, 0.2) is 29.3 Å². The van der Waals surface area contributed by atoms with Crippen LogP contribution in [0.3, 0.4) is 0 Å². The Hall–Kier alpha value is -2.12. The molecule has 1 unspecified atom stereocenters. The molecule has 0 bridgehead atoms. The zero-order chi connectivity index (χ0) is 21.0. The van der Waals surface area contributed by atoms with Gasteiger partial charge in [0.05, 0.1) is 19.8 Å². The fraction of sp³-hybridized carbons (Fsp3) is 0.652. The maximum atomic E-state index is 12.2. The Bertz CT molecular complexity index is 685. The first-order valence-electron chi connectivity index (χ1n) is 11.3. The van der Waals surface area contributed by atoms with E-state index in [0.29, 0.717) is 12.5 Å². The molecule has 7 heteroatoms. The van der Waals surface area contributed by atoms with Crippen molar-refractivity contribution < 1.29 is 14.3 Å². The quantitative estimate of drug-likeness (QED) is 0.293. The van der Waals surface area contributed by atoms with Crippen molar-refractivity contribution in [2.45, 2.75) is 45.6 Å². The van der Waals surface area contributed by atoms with Gasteiger partial charge < -0.3 is 25.4 Å². The summed E-state index contributed by atoms with van der Waals surface area (Å²) in [5.74, 6) is 1.68. The molecule has 1 aromatic carbocycles. The average Bonchev–Trinajstić information content (AvgIpc) is 3.21. The van der Waals surface area contributed by atoms with Gasteiger partial charge in [0, 0.05) is 43.8 Å². The van der Waals surface area contributed by atoms with Gasteiger partial charge in [-0.1, -0.05) is 18.6 Å². The number of guanidine groups is 1. The largest absolute Gasteiger partial charge is 0.381 e. The van der Waals surface area contributed by atoms with Crippen molar-refractivity contribution in [3.05, 3.63) is 29.8 Å². The van der Waals surface area contributed by atoms with Gasteiger partial charge in [-0.3, -0.25) is 4.79 Å². The molecule has 3 N–H and O–H groups in total. The zero-order valence-electron chi connectivity index (χ0n) is 18.1. The summed E-state index contributed by atoms with van der Waals surface area (Å²) >= 11 is 0. The summed E-state index contributed by atoms with van der Waals surface area (Å²) in [7, 11) is 0. The highest BCUT2D eigenvalue weighted by Gasteiger charge is 2.25. The molecule has 7 nitrogen and oxygen atoms in total. The topological polar surface area (TPSA) is 84.0 Å². The van der Waals surface area contributed by atoms with E-state index in [1.165, 1.54) is 0 Å². The molecule has 1 saturated carbocycles. The smallest absolute Gasteiger partial charge is 0.227 e. The second-order valence-electron chi connectivity index (χ2n) is 8.10. The molecule has 1 amide bonds. The third-order valence-electron chi connectivity index (χ3n) is 5.57. The lowest BCUT2D eigenvalue weighted by molar-refractivity contribution is -0.122. The standard InChI is InChI=1S/C23H36N4O3/c1-2-24-23(25-11-5-12-29-16-19-10-13-30-17-19)26-15-18-6-3-9-21(14-18)27-22(28)20-7-4-8-20/h3,6,9,14,19-20H,2,4-5,7-8,10-13,15-17H2,1H3,(H,27,28)(H2,24,25,26). The predicted molar refractivity (Wildman–Crippen MR) is 120 cm³/mol. The number of carbonyl (C=O) groups excluding carboxylic acids is 1. The minimum atomic E-state index is 0.139. The van der Waals surface area contributed by atoms with E-state index in [1.807, 2.05) is 24.3 Å². The lowest BCUT2D eigenvalue weighted by Gasteiger charge is -2.24. The van der Waals surface area contributed by atoms with E-state index in [2.05, 4.69) is 27.9 Å². The third-order valence-corrected chi connectivity index (χ3v) is 5.57. The van der Waals surface area contributed by atoms with Crippen LogP contribution in [0.2, 0.25) is 0 Å². The van der Waals surface area contributed by atoms with Gasteiger partial charge in [-0.25, -0.2) is 4.99 Å². The molecule has 2 aliphatic rings. The van der Waals surface area contributed by atoms with Gasteiger partial charge in [0.2, 0.25) is 5.91 Å². The first-order chi connectivity index (χ1) is 14.7. The normalized spacial score (nSPS) is 19.4. The highest BCUT2D eigenvalue weighted by Crippen LogP contribution is 2.27. The monoisotopic (exact) mass is 416 g/mol. The number of nitrogens with zero attached hydrogens (tertiary/aromatic N) is 1. The number of hydrogen-bond acceptors (Lipinski definition) is 4. The summed E-state index contributed by atoms with van der Waals surface area (Å²) in [4.78, 5) is 16.8. The Balaban J connectivity index is 1.38.